The van der Waals surface area contributed by atoms with Crippen molar-refractivity contribution in [1.82, 2.24) is 0 Å². The molecule has 0 heterocycles. The standard InChI is InChI=1S/C22H19ClO2/c23-19-13-11-18(12-14-19)22(25)20(15-16-7-3-1-4-8-16)21(24)17-9-5-2-6-10-17/h1-14,20,22,25H,15H2. The maximum absolute atomic E-state index is 13.0. The Morgan fingerprint density at radius 1 is 0.840 bits per heavy atom. The molecule has 0 aromatic heterocycles. The van der Waals surface area contributed by atoms with Crippen molar-refractivity contribution < 1.29 is 9.90 Å². The van der Waals surface area contributed by atoms with Gasteiger partial charge in [-0.1, -0.05) is 84.4 Å². The van der Waals surface area contributed by atoms with Gasteiger partial charge >= 0.3 is 0 Å². The SMILES string of the molecule is O=C(c1ccccc1)C(Cc1ccccc1)C(O)c1ccc(Cl)cc1. The number of ketones is 1. The van der Waals surface area contributed by atoms with Crippen molar-refractivity contribution in [3.05, 3.63) is 107 Å². The summed E-state index contributed by atoms with van der Waals surface area (Å²) in [7, 11) is 0. The van der Waals surface area contributed by atoms with E-state index in [0.29, 0.717) is 22.6 Å². The van der Waals surface area contributed by atoms with E-state index in [1.165, 1.54) is 0 Å². The third-order valence-electron chi connectivity index (χ3n) is 4.29. The predicted octanol–water partition coefficient (Wildman–Crippen LogP) is 5.12. The third kappa shape index (κ3) is 4.36. The summed E-state index contributed by atoms with van der Waals surface area (Å²) >= 11 is 5.94. The van der Waals surface area contributed by atoms with Crippen LogP contribution >= 0.6 is 11.6 Å². The molecule has 2 unspecified atom stereocenters. The number of aliphatic hydroxyl groups excluding tert-OH is 1. The van der Waals surface area contributed by atoms with Crippen LogP contribution in [0.3, 0.4) is 0 Å². The summed E-state index contributed by atoms with van der Waals surface area (Å²) in [6.07, 6.45) is -0.427. The Balaban J connectivity index is 1.93. The van der Waals surface area contributed by atoms with Crippen LogP contribution in [-0.2, 0) is 6.42 Å². The molecule has 0 saturated carbocycles. The van der Waals surface area contributed by atoms with Crippen LogP contribution in [0, 0.1) is 5.92 Å². The highest BCUT2D eigenvalue weighted by atomic mass is 35.5. The predicted molar refractivity (Wildman–Crippen MR) is 101 cm³/mol. The first-order valence-corrected chi connectivity index (χ1v) is 8.59. The first-order valence-electron chi connectivity index (χ1n) is 8.22. The second kappa shape index (κ2) is 8.11. The lowest BCUT2D eigenvalue weighted by molar-refractivity contribution is 0.0676. The quantitative estimate of drug-likeness (QED) is 0.627. The molecule has 2 atom stereocenters. The van der Waals surface area contributed by atoms with Gasteiger partial charge in [0.05, 0.1) is 12.0 Å². The van der Waals surface area contributed by atoms with Crippen LogP contribution in [0.1, 0.15) is 27.6 Å². The van der Waals surface area contributed by atoms with E-state index in [-0.39, 0.29) is 5.78 Å². The van der Waals surface area contributed by atoms with Crippen molar-refractivity contribution in [3.63, 3.8) is 0 Å². The summed E-state index contributed by atoms with van der Waals surface area (Å²) < 4.78 is 0. The minimum absolute atomic E-state index is 0.0631. The molecule has 2 nitrogen and oxygen atoms in total. The summed E-state index contributed by atoms with van der Waals surface area (Å²) in [4.78, 5) is 13.0. The summed E-state index contributed by atoms with van der Waals surface area (Å²) in [5.41, 5.74) is 2.32. The van der Waals surface area contributed by atoms with Crippen LogP contribution in [0.5, 0.6) is 0 Å². The van der Waals surface area contributed by atoms with Crippen LogP contribution in [0.25, 0.3) is 0 Å². The van der Waals surface area contributed by atoms with Crippen LogP contribution in [0.15, 0.2) is 84.9 Å². The number of halogens is 1. The number of carbonyl (C=O) groups is 1. The second-order valence-corrected chi connectivity index (χ2v) is 6.46. The molecule has 25 heavy (non-hydrogen) atoms. The number of hydrogen-bond donors (Lipinski definition) is 1. The van der Waals surface area contributed by atoms with Crippen molar-refractivity contribution in [1.29, 1.82) is 0 Å². The lowest BCUT2D eigenvalue weighted by Crippen LogP contribution is -2.25. The highest BCUT2D eigenvalue weighted by Crippen LogP contribution is 2.29. The van der Waals surface area contributed by atoms with E-state index in [0.717, 1.165) is 5.56 Å². The molecule has 0 aliphatic rings. The van der Waals surface area contributed by atoms with Gasteiger partial charge in [0, 0.05) is 10.6 Å². The maximum Gasteiger partial charge on any atom is 0.169 e. The van der Waals surface area contributed by atoms with Gasteiger partial charge in [-0.2, -0.15) is 0 Å². The molecular formula is C22H19ClO2. The average Bonchev–Trinajstić information content (AvgIpc) is 2.67. The minimum atomic E-state index is -0.898. The van der Waals surface area contributed by atoms with Crippen molar-refractivity contribution in [3.8, 4) is 0 Å². The number of Topliss-reactive ketones (excluding diaryl/α,β-unsaturated/α-hetero) is 1. The highest BCUT2D eigenvalue weighted by Gasteiger charge is 2.29. The topological polar surface area (TPSA) is 37.3 Å². The average molecular weight is 351 g/mol. The molecule has 3 aromatic rings. The van der Waals surface area contributed by atoms with Crippen LogP contribution in [0.2, 0.25) is 5.02 Å². The van der Waals surface area contributed by atoms with Crippen molar-refractivity contribution >= 4 is 17.4 Å². The molecule has 0 saturated heterocycles. The summed E-state index contributed by atoms with van der Waals surface area (Å²) in [6, 6.07) is 25.9. The number of benzene rings is 3. The maximum atomic E-state index is 13.0. The zero-order valence-corrected chi connectivity index (χ0v) is 14.4. The smallest absolute Gasteiger partial charge is 0.169 e. The van der Waals surface area contributed by atoms with Crippen LogP contribution < -0.4 is 0 Å². The lowest BCUT2D eigenvalue weighted by atomic mass is 9.84. The molecule has 0 radical (unpaired) electrons. The van der Waals surface area contributed by atoms with E-state index in [9.17, 15) is 9.90 Å². The Hall–Kier alpha value is -2.42. The van der Waals surface area contributed by atoms with E-state index in [1.807, 2.05) is 48.5 Å². The van der Waals surface area contributed by atoms with E-state index in [2.05, 4.69) is 0 Å². The normalized spacial score (nSPS) is 13.2. The van der Waals surface area contributed by atoms with Crippen molar-refractivity contribution in [2.45, 2.75) is 12.5 Å². The first-order chi connectivity index (χ1) is 12.1. The fraction of sp³-hybridized carbons (Fsp3) is 0.136. The molecule has 1 N–H and O–H groups in total. The zero-order chi connectivity index (χ0) is 17.6. The van der Waals surface area contributed by atoms with Gasteiger partial charge in [-0.3, -0.25) is 4.79 Å². The number of rotatable bonds is 6. The molecule has 0 bridgehead atoms. The van der Waals surface area contributed by atoms with Gasteiger partial charge in [-0.05, 0) is 29.7 Å². The Morgan fingerprint density at radius 2 is 1.40 bits per heavy atom. The molecule has 126 valence electrons. The zero-order valence-electron chi connectivity index (χ0n) is 13.7. The van der Waals surface area contributed by atoms with Crippen molar-refractivity contribution in [2.24, 2.45) is 5.92 Å². The Morgan fingerprint density at radius 3 is 2.00 bits per heavy atom. The molecular weight excluding hydrogens is 332 g/mol. The number of aliphatic hydroxyl groups is 1. The molecule has 0 spiro atoms. The fourth-order valence-electron chi connectivity index (χ4n) is 2.92. The largest absolute Gasteiger partial charge is 0.388 e. The molecule has 0 amide bonds. The lowest BCUT2D eigenvalue weighted by Gasteiger charge is -2.23. The monoisotopic (exact) mass is 350 g/mol. The van der Waals surface area contributed by atoms with Gasteiger partial charge < -0.3 is 5.11 Å². The van der Waals surface area contributed by atoms with Crippen molar-refractivity contribution in [2.75, 3.05) is 0 Å². The molecule has 3 heteroatoms. The third-order valence-corrected chi connectivity index (χ3v) is 4.54. The minimum Gasteiger partial charge on any atom is -0.388 e. The summed E-state index contributed by atoms with van der Waals surface area (Å²) in [5, 5.41) is 11.5. The molecule has 0 fully saturated rings. The highest BCUT2D eigenvalue weighted by molar-refractivity contribution is 6.30. The molecule has 3 aromatic carbocycles. The number of hydrogen-bond acceptors (Lipinski definition) is 2. The van der Waals surface area contributed by atoms with E-state index in [1.54, 1.807) is 36.4 Å². The Kier molecular flexibility index (Phi) is 5.64. The van der Waals surface area contributed by atoms with E-state index in [4.69, 9.17) is 11.6 Å². The van der Waals surface area contributed by atoms with Gasteiger partial charge in [0.2, 0.25) is 0 Å². The van der Waals surface area contributed by atoms with E-state index >= 15 is 0 Å². The fourth-order valence-corrected chi connectivity index (χ4v) is 3.05. The number of carbonyl (C=O) groups excluding carboxylic acids is 1. The van der Waals surface area contributed by atoms with Crippen LogP contribution in [-0.4, -0.2) is 10.9 Å². The Labute approximate surface area is 152 Å². The van der Waals surface area contributed by atoms with Gasteiger partial charge in [-0.15, -0.1) is 0 Å². The molecule has 0 aliphatic carbocycles. The van der Waals surface area contributed by atoms with Gasteiger partial charge in [0.1, 0.15) is 0 Å². The molecule has 0 aliphatic heterocycles. The molecule has 3 rings (SSSR count). The summed E-state index contributed by atoms with van der Waals surface area (Å²) in [6.45, 7) is 0. The van der Waals surface area contributed by atoms with Gasteiger partial charge in [0.15, 0.2) is 5.78 Å². The Bertz CT molecular complexity index is 814. The van der Waals surface area contributed by atoms with Crippen LogP contribution in [0.4, 0.5) is 0 Å². The van der Waals surface area contributed by atoms with E-state index < -0.39 is 12.0 Å². The first kappa shape index (κ1) is 17.4. The summed E-state index contributed by atoms with van der Waals surface area (Å²) in [5.74, 6) is -0.627. The van der Waals surface area contributed by atoms with Gasteiger partial charge in [-0.25, -0.2) is 0 Å². The second-order valence-electron chi connectivity index (χ2n) is 6.02. The van der Waals surface area contributed by atoms with Gasteiger partial charge in [0.25, 0.3) is 0 Å².